The molecular weight excluding hydrogens is 504 g/mol. The zero-order chi connectivity index (χ0) is 28.6. The molecule has 39 heavy (non-hydrogen) atoms. The van der Waals surface area contributed by atoms with Gasteiger partial charge in [-0.25, -0.2) is 8.78 Å². The van der Waals surface area contributed by atoms with Crippen LogP contribution in [0.5, 0.6) is 0 Å². The molecule has 0 saturated carbocycles. The minimum Gasteiger partial charge on any atom is -0.340 e. The molecule has 0 spiro atoms. The Labute approximate surface area is 235 Å². The molecule has 4 rings (SSSR count). The van der Waals surface area contributed by atoms with Gasteiger partial charge in [-0.2, -0.15) is 5.10 Å². The highest BCUT2D eigenvalue weighted by Gasteiger charge is 2.42. The van der Waals surface area contributed by atoms with E-state index in [1.54, 1.807) is 16.9 Å². The Bertz CT molecular complexity index is 1310. The fourth-order valence-electron chi connectivity index (χ4n) is 7.12. The van der Waals surface area contributed by atoms with Crippen molar-refractivity contribution in [3.8, 4) is 22.6 Å². The first kappa shape index (κ1) is 29.3. The number of rotatable bonds is 6. The van der Waals surface area contributed by atoms with Crippen LogP contribution in [0.4, 0.5) is 14.5 Å². The van der Waals surface area contributed by atoms with Crippen LogP contribution < -0.4 is 4.90 Å². The summed E-state index contributed by atoms with van der Waals surface area (Å²) in [6.07, 6.45) is 6.01. The summed E-state index contributed by atoms with van der Waals surface area (Å²) < 4.78 is 30.6. The van der Waals surface area contributed by atoms with Crippen LogP contribution in [0.2, 0.25) is 16.6 Å². The number of alkyl halides is 2. The lowest BCUT2D eigenvalue weighted by Crippen LogP contribution is -2.43. The number of allylic oxidation sites excluding steroid dienone is 3. The monoisotopic (exact) mass is 549 g/mol. The largest absolute Gasteiger partial charge is 0.340 e. The topological polar surface area (TPSA) is 21.1 Å². The lowest BCUT2D eigenvalue weighted by Gasteiger charge is -2.39. The van der Waals surface area contributed by atoms with Crippen LogP contribution in [0.3, 0.4) is 0 Å². The summed E-state index contributed by atoms with van der Waals surface area (Å²) in [6.45, 7) is 19.3. The van der Waals surface area contributed by atoms with E-state index in [9.17, 15) is 8.78 Å². The lowest BCUT2D eigenvalue weighted by molar-refractivity contribution is 0.152. The Balaban J connectivity index is 1.91. The number of aryl methyl sites for hydroxylation is 2. The van der Waals surface area contributed by atoms with Crippen LogP contribution in [0.15, 0.2) is 47.4 Å². The molecule has 1 aromatic carbocycles. The molecule has 0 bridgehead atoms. The molecule has 1 aromatic heterocycles. The second-order valence-electron chi connectivity index (χ2n) is 12.6. The molecule has 0 fully saturated rings. The van der Waals surface area contributed by atoms with Gasteiger partial charge in [-0.1, -0.05) is 60.0 Å². The first-order valence-corrected chi connectivity index (χ1v) is 16.8. The summed E-state index contributed by atoms with van der Waals surface area (Å²) in [5.41, 5.74) is 12.6. The van der Waals surface area contributed by atoms with Gasteiger partial charge < -0.3 is 4.90 Å². The second kappa shape index (κ2) is 11.5. The minimum absolute atomic E-state index is 0.0669. The highest BCUT2D eigenvalue weighted by Crippen LogP contribution is 2.44. The Morgan fingerprint density at radius 3 is 2.28 bits per heavy atom. The molecule has 210 valence electrons. The molecule has 0 radical (unpaired) electrons. The smallest absolute Gasteiger partial charge is 0.264 e. The molecule has 6 heteroatoms. The number of fused-ring (bicyclic) bond motifs is 1. The van der Waals surface area contributed by atoms with E-state index in [2.05, 4.69) is 82.9 Å². The lowest BCUT2D eigenvalue weighted by atomic mass is 9.85. The van der Waals surface area contributed by atoms with Crippen molar-refractivity contribution in [2.75, 3.05) is 11.4 Å². The molecule has 0 amide bonds. The van der Waals surface area contributed by atoms with Crippen molar-refractivity contribution in [2.24, 2.45) is 13.0 Å². The van der Waals surface area contributed by atoms with Crippen molar-refractivity contribution in [1.29, 1.82) is 0 Å². The van der Waals surface area contributed by atoms with E-state index in [1.165, 1.54) is 11.1 Å². The van der Waals surface area contributed by atoms with Crippen molar-refractivity contribution in [2.45, 2.75) is 97.7 Å². The molecule has 1 unspecified atom stereocenters. The zero-order valence-corrected chi connectivity index (χ0v) is 26.2. The first-order chi connectivity index (χ1) is 18.4. The van der Waals surface area contributed by atoms with Crippen LogP contribution in [0.25, 0.3) is 11.1 Å². The summed E-state index contributed by atoms with van der Waals surface area (Å²) in [7, 11) is -0.103. The average Bonchev–Trinajstić information content (AvgIpc) is 3.29. The van der Waals surface area contributed by atoms with Gasteiger partial charge in [0.15, 0.2) is 0 Å². The van der Waals surface area contributed by atoms with Gasteiger partial charge in [-0.3, -0.25) is 4.68 Å². The molecule has 1 aliphatic heterocycles. The molecule has 2 aromatic rings. The van der Waals surface area contributed by atoms with Crippen LogP contribution in [-0.4, -0.2) is 24.4 Å². The van der Waals surface area contributed by atoms with E-state index in [0.717, 1.165) is 48.3 Å². The molecule has 1 aliphatic carbocycles. The van der Waals surface area contributed by atoms with Crippen LogP contribution >= 0.6 is 0 Å². The van der Waals surface area contributed by atoms with Crippen LogP contribution in [0.1, 0.15) is 85.8 Å². The Kier molecular flexibility index (Phi) is 8.61. The van der Waals surface area contributed by atoms with E-state index in [1.807, 2.05) is 19.3 Å². The third-order valence-electron chi connectivity index (χ3n) is 8.97. The van der Waals surface area contributed by atoms with Crippen molar-refractivity contribution in [1.82, 2.24) is 9.78 Å². The van der Waals surface area contributed by atoms with Crippen molar-refractivity contribution in [3.05, 3.63) is 58.6 Å². The predicted molar refractivity (Wildman–Crippen MR) is 163 cm³/mol. The van der Waals surface area contributed by atoms with E-state index >= 15 is 0 Å². The number of hydrogen-bond donors (Lipinski definition) is 0. The Morgan fingerprint density at radius 1 is 1.05 bits per heavy atom. The third-order valence-corrected chi connectivity index (χ3v) is 15.3. The number of nitrogens with zero attached hydrogens (tertiary/aromatic N) is 3. The predicted octanol–water partition coefficient (Wildman–Crippen LogP) is 9.24. The van der Waals surface area contributed by atoms with Crippen molar-refractivity contribution >= 4 is 13.8 Å². The molecule has 0 saturated heterocycles. The summed E-state index contributed by atoms with van der Waals surface area (Å²) >= 11 is 0. The number of aromatic nitrogens is 2. The van der Waals surface area contributed by atoms with Gasteiger partial charge in [0, 0.05) is 42.2 Å². The summed E-state index contributed by atoms with van der Waals surface area (Å²) in [5, 5.41) is 4.23. The van der Waals surface area contributed by atoms with E-state index in [-0.39, 0.29) is 5.56 Å². The fraction of sp³-hybridized carbons (Fsp3) is 0.545. The van der Waals surface area contributed by atoms with Gasteiger partial charge in [0.1, 0.15) is 8.07 Å². The fourth-order valence-corrected chi connectivity index (χ4v) is 12.3. The molecule has 3 nitrogen and oxygen atoms in total. The highest BCUT2D eigenvalue weighted by atomic mass is 28.3. The van der Waals surface area contributed by atoms with Gasteiger partial charge >= 0.3 is 0 Å². The van der Waals surface area contributed by atoms with E-state index < -0.39 is 14.5 Å². The number of hydrogen-bond acceptors (Lipinski definition) is 2. The summed E-state index contributed by atoms with van der Waals surface area (Å²) in [5.74, 6) is 4.07. The van der Waals surface area contributed by atoms with Gasteiger partial charge in [0.05, 0.1) is 11.9 Å². The molecule has 0 N–H and O–H groups in total. The molecule has 2 aliphatic rings. The maximum atomic E-state index is 14.5. The van der Waals surface area contributed by atoms with Gasteiger partial charge in [0.2, 0.25) is 0 Å². The van der Waals surface area contributed by atoms with E-state index in [0.29, 0.717) is 28.1 Å². The van der Waals surface area contributed by atoms with Crippen LogP contribution in [-0.2, 0) is 13.5 Å². The van der Waals surface area contributed by atoms with Crippen LogP contribution in [0, 0.1) is 17.4 Å². The van der Waals surface area contributed by atoms with Crippen molar-refractivity contribution in [3.63, 3.8) is 0 Å². The average molecular weight is 550 g/mol. The standard InChI is InChI=1S/C33H45F2N3Si/c1-21(2)39(22(3)4,23(5)6)14-12-28-25(8)15-24(7)16-32(28)38-13-10-11-26-17-29(27-19-36-37(9)20-27)30(33(34)35)18-31(26)38/h16-23,25,33H,10-11,13,15H2,1-9H3. The zero-order valence-electron chi connectivity index (χ0n) is 25.2. The van der Waals surface area contributed by atoms with E-state index in [4.69, 9.17) is 0 Å². The normalized spacial score (nSPS) is 18.2. The number of benzene rings is 1. The third kappa shape index (κ3) is 5.52. The van der Waals surface area contributed by atoms with Gasteiger partial charge in [-0.15, -0.1) is 5.54 Å². The van der Waals surface area contributed by atoms with Crippen molar-refractivity contribution < 1.29 is 8.78 Å². The van der Waals surface area contributed by atoms with Gasteiger partial charge in [-0.05, 0) is 78.1 Å². The number of halogens is 2. The highest BCUT2D eigenvalue weighted by molar-refractivity contribution is 6.90. The summed E-state index contributed by atoms with van der Waals surface area (Å²) in [4.78, 5) is 2.28. The Morgan fingerprint density at radius 2 is 1.72 bits per heavy atom. The molecule has 2 heterocycles. The SMILES string of the molecule is CC1=CC(N2CCCc3cc(-c4cnn(C)c4)c(C(F)F)cc32)=C(C#C[Si](C(C)C)(C(C)C)C(C)C)C(C)C1. The summed E-state index contributed by atoms with van der Waals surface area (Å²) in [6, 6.07) is 3.71. The quantitative estimate of drug-likeness (QED) is 0.264. The molecule has 1 atom stereocenters. The molecular formula is C33H45F2N3Si. The maximum absolute atomic E-state index is 14.5. The minimum atomic E-state index is -2.57. The second-order valence-corrected chi connectivity index (χ2v) is 18.1. The maximum Gasteiger partial charge on any atom is 0.264 e. The Hall–Kier alpha value is -2.65. The first-order valence-electron chi connectivity index (χ1n) is 14.5. The number of anilines is 1. The van der Waals surface area contributed by atoms with Gasteiger partial charge in [0.25, 0.3) is 6.43 Å².